The van der Waals surface area contributed by atoms with Crippen LogP contribution in [0, 0.1) is 17.8 Å². The molecule has 0 bridgehead atoms. The van der Waals surface area contributed by atoms with Gasteiger partial charge in [0.1, 0.15) is 0 Å². The molecule has 2 aliphatic rings. The van der Waals surface area contributed by atoms with Crippen molar-refractivity contribution in [2.24, 2.45) is 17.8 Å². The minimum absolute atomic E-state index is 0.272. The van der Waals surface area contributed by atoms with Gasteiger partial charge in [0, 0.05) is 20.0 Å². The van der Waals surface area contributed by atoms with Gasteiger partial charge in [-0.1, -0.05) is 25.5 Å². The van der Waals surface area contributed by atoms with Crippen LogP contribution in [-0.4, -0.2) is 23.9 Å². The third-order valence-corrected chi connectivity index (χ3v) is 4.72. The summed E-state index contributed by atoms with van der Waals surface area (Å²) < 4.78 is 0. The smallest absolute Gasteiger partial charge is 0.219 e. The summed E-state index contributed by atoms with van der Waals surface area (Å²) in [4.78, 5) is 13.9. The van der Waals surface area contributed by atoms with E-state index >= 15 is 0 Å². The van der Waals surface area contributed by atoms with Gasteiger partial charge in [-0.2, -0.15) is 0 Å². The Morgan fingerprint density at radius 1 is 1.26 bits per heavy atom. The lowest BCUT2D eigenvalue weighted by atomic mass is 9.84. The van der Waals surface area contributed by atoms with Crippen molar-refractivity contribution in [1.82, 2.24) is 4.90 Å². The highest BCUT2D eigenvalue weighted by atomic mass is 16.2. The zero-order valence-electron chi connectivity index (χ0n) is 12.6. The molecule has 2 unspecified atom stereocenters. The lowest BCUT2D eigenvalue weighted by Crippen LogP contribution is -2.35. The second-order valence-electron chi connectivity index (χ2n) is 6.53. The molecule has 0 N–H and O–H groups in total. The standard InChI is InChI=1S/C17H29NO/c1-3-15(11-16-7-5-4-6-8-16)12-18(14(2)19)13-17-9-10-17/h4-5,15-17H,3,6-13H2,1-2H3. The highest BCUT2D eigenvalue weighted by Gasteiger charge is 2.27. The largest absolute Gasteiger partial charge is 0.342 e. The van der Waals surface area contributed by atoms with E-state index in [-0.39, 0.29) is 5.91 Å². The Morgan fingerprint density at radius 3 is 2.58 bits per heavy atom. The number of hydrogen-bond acceptors (Lipinski definition) is 1. The van der Waals surface area contributed by atoms with Crippen LogP contribution in [0.15, 0.2) is 12.2 Å². The van der Waals surface area contributed by atoms with Crippen molar-refractivity contribution in [1.29, 1.82) is 0 Å². The Kier molecular flexibility index (Phi) is 5.47. The first-order chi connectivity index (χ1) is 9.19. The fourth-order valence-electron chi connectivity index (χ4n) is 3.17. The van der Waals surface area contributed by atoms with E-state index in [1.807, 2.05) is 0 Å². The summed E-state index contributed by atoms with van der Waals surface area (Å²) in [5, 5.41) is 0. The predicted octanol–water partition coefficient (Wildman–Crippen LogP) is 4.02. The van der Waals surface area contributed by atoms with Crippen molar-refractivity contribution in [3.05, 3.63) is 12.2 Å². The third kappa shape index (κ3) is 5.00. The summed E-state index contributed by atoms with van der Waals surface area (Å²) in [5.41, 5.74) is 0. The molecule has 1 saturated carbocycles. The highest BCUT2D eigenvalue weighted by Crippen LogP contribution is 2.31. The predicted molar refractivity (Wildman–Crippen MR) is 79.9 cm³/mol. The van der Waals surface area contributed by atoms with Crippen LogP contribution >= 0.6 is 0 Å². The lowest BCUT2D eigenvalue weighted by Gasteiger charge is -2.29. The van der Waals surface area contributed by atoms with Crippen molar-refractivity contribution in [3.8, 4) is 0 Å². The normalized spacial score (nSPS) is 24.2. The first kappa shape index (κ1) is 14.6. The second-order valence-corrected chi connectivity index (χ2v) is 6.53. The second kappa shape index (κ2) is 7.12. The van der Waals surface area contributed by atoms with Crippen molar-refractivity contribution in [2.75, 3.05) is 13.1 Å². The van der Waals surface area contributed by atoms with Crippen molar-refractivity contribution in [2.45, 2.75) is 58.8 Å². The van der Waals surface area contributed by atoms with Gasteiger partial charge < -0.3 is 4.90 Å². The number of rotatable bonds is 7. The molecule has 0 aromatic rings. The number of carbonyl (C=O) groups is 1. The molecular weight excluding hydrogens is 234 g/mol. The van der Waals surface area contributed by atoms with Gasteiger partial charge in [-0.25, -0.2) is 0 Å². The minimum atomic E-state index is 0.272. The van der Waals surface area contributed by atoms with E-state index in [2.05, 4.69) is 24.0 Å². The Labute approximate surface area is 118 Å². The fraction of sp³-hybridized carbons (Fsp3) is 0.824. The first-order valence-electron chi connectivity index (χ1n) is 8.09. The molecule has 0 heterocycles. The number of amides is 1. The summed E-state index contributed by atoms with van der Waals surface area (Å²) in [6.45, 7) is 6.01. The Hall–Kier alpha value is -0.790. The van der Waals surface area contributed by atoms with Gasteiger partial charge in [0.2, 0.25) is 5.91 Å². The molecule has 0 aromatic carbocycles. The van der Waals surface area contributed by atoms with Gasteiger partial charge in [0.05, 0.1) is 0 Å². The van der Waals surface area contributed by atoms with Crippen LogP contribution in [0.4, 0.5) is 0 Å². The maximum Gasteiger partial charge on any atom is 0.219 e. The number of nitrogens with zero attached hydrogens (tertiary/aromatic N) is 1. The summed E-state index contributed by atoms with van der Waals surface area (Å²) in [6, 6.07) is 0. The van der Waals surface area contributed by atoms with Gasteiger partial charge in [-0.15, -0.1) is 0 Å². The van der Waals surface area contributed by atoms with E-state index in [9.17, 15) is 4.79 Å². The molecule has 0 radical (unpaired) electrons. The zero-order valence-corrected chi connectivity index (χ0v) is 12.6. The minimum Gasteiger partial charge on any atom is -0.342 e. The van der Waals surface area contributed by atoms with Crippen molar-refractivity contribution in [3.63, 3.8) is 0 Å². The molecule has 2 rings (SSSR count). The van der Waals surface area contributed by atoms with Crippen LogP contribution in [0.3, 0.4) is 0 Å². The van der Waals surface area contributed by atoms with E-state index in [4.69, 9.17) is 0 Å². The highest BCUT2D eigenvalue weighted by molar-refractivity contribution is 5.73. The molecule has 0 aromatic heterocycles. The molecule has 2 aliphatic carbocycles. The van der Waals surface area contributed by atoms with E-state index < -0.39 is 0 Å². The van der Waals surface area contributed by atoms with Gasteiger partial charge in [-0.05, 0) is 56.3 Å². The van der Waals surface area contributed by atoms with Gasteiger partial charge in [0.25, 0.3) is 0 Å². The Balaban J connectivity index is 1.81. The SMILES string of the molecule is CCC(CC1CC=CCC1)CN(CC1CC1)C(C)=O. The molecule has 2 atom stereocenters. The summed E-state index contributed by atoms with van der Waals surface area (Å²) >= 11 is 0. The van der Waals surface area contributed by atoms with Crippen LogP contribution in [0.25, 0.3) is 0 Å². The quantitative estimate of drug-likeness (QED) is 0.635. The number of carbonyl (C=O) groups excluding carboxylic acids is 1. The van der Waals surface area contributed by atoms with Gasteiger partial charge in [-0.3, -0.25) is 4.79 Å². The molecule has 0 aliphatic heterocycles. The number of hydrogen-bond donors (Lipinski definition) is 0. The summed E-state index contributed by atoms with van der Waals surface area (Å²) in [6.07, 6.45) is 13.7. The average Bonchev–Trinajstić information content (AvgIpc) is 3.22. The maximum atomic E-state index is 11.8. The van der Waals surface area contributed by atoms with Crippen molar-refractivity contribution < 1.29 is 4.79 Å². The summed E-state index contributed by atoms with van der Waals surface area (Å²) in [5.74, 6) is 2.62. The molecule has 19 heavy (non-hydrogen) atoms. The molecular formula is C17H29NO. The Bertz CT molecular complexity index is 319. The Morgan fingerprint density at radius 2 is 2.05 bits per heavy atom. The van der Waals surface area contributed by atoms with E-state index in [0.29, 0.717) is 5.92 Å². The topological polar surface area (TPSA) is 20.3 Å². The molecule has 108 valence electrons. The van der Waals surface area contributed by atoms with Crippen LogP contribution in [0.1, 0.15) is 58.8 Å². The molecule has 1 fully saturated rings. The molecule has 0 saturated heterocycles. The van der Waals surface area contributed by atoms with Crippen LogP contribution in [0.2, 0.25) is 0 Å². The van der Waals surface area contributed by atoms with E-state index in [1.54, 1.807) is 6.92 Å². The van der Waals surface area contributed by atoms with Gasteiger partial charge in [0.15, 0.2) is 0 Å². The maximum absolute atomic E-state index is 11.8. The van der Waals surface area contributed by atoms with E-state index in [1.165, 1.54) is 44.9 Å². The van der Waals surface area contributed by atoms with E-state index in [0.717, 1.165) is 24.9 Å². The van der Waals surface area contributed by atoms with Gasteiger partial charge >= 0.3 is 0 Å². The molecule has 0 spiro atoms. The van der Waals surface area contributed by atoms with Crippen LogP contribution in [-0.2, 0) is 4.79 Å². The van der Waals surface area contributed by atoms with Crippen LogP contribution in [0.5, 0.6) is 0 Å². The molecule has 2 nitrogen and oxygen atoms in total. The summed E-state index contributed by atoms with van der Waals surface area (Å²) in [7, 11) is 0. The lowest BCUT2D eigenvalue weighted by molar-refractivity contribution is -0.129. The van der Waals surface area contributed by atoms with Crippen molar-refractivity contribution >= 4 is 5.91 Å². The molecule has 1 amide bonds. The fourth-order valence-corrected chi connectivity index (χ4v) is 3.17. The average molecular weight is 263 g/mol. The third-order valence-electron chi connectivity index (χ3n) is 4.72. The monoisotopic (exact) mass is 263 g/mol. The van der Waals surface area contributed by atoms with Crippen LogP contribution < -0.4 is 0 Å². The first-order valence-corrected chi connectivity index (χ1v) is 8.09. The zero-order chi connectivity index (χ0) is 13.7. The molecule has 2 heteroatoms. The number of allylic oxidation sites excluding steroid dienone is 2.